The molecule has 0 aromatic rings. The third kappa shape index (κ3) is 1.39. The molecule has 1 nitrogen and oxygen atoms in total. The molecule has 0 aromatic heterocycles. The van der Waals surface area contributed by atoms with Crippen molar-refractivity contribution in [1.82, 2.24) is 5.32 Å². The molecule has 1 aliphatic carbocycles. The molecular formula is C10H19NS. The Morgan fingerprint density at radius 2 is 1.92 bits per heavy atom. The normalized spacial score (nSPS) is 41.2. The monoisotopic (exact) mass is 185 g/mol. The Morgan fingerprint density at radius 1 is 1.25 bits per heavy atom. The van der Waals surface area contributed by atoms with Gasteiger partial charge in [-0.15, -0.1) is 11.8 Å². The van der Waals surface area contributed by atoms with Gasteiger partial charge in [-0.25, -0.2) is 0 Å². The van der Waals surface area contributed by atoms with Gasteiger partial charge in [-0.1, -0.05) is 6.42 Å². The molecule has 0 amide bonds. The summed E-state index contributed by atoms with van der Waals surface area (Å²) in [6.45, 7) is 7.00. The highest BCUT2D eigenvalue weighted by atomic mass is 32.2. The zero-order valence-corrected chi connectivity index (χ0v) is 9.13. The van der Waals surface area contributed by atoms with Crippen LogP contribution >= 0.6 is 11.8 Å². The Morgan fingerprint density at radius 3 is 2.25 bits per heavy atom. The predicted molar refractivity (Wildman–Crippen MR) is 55.4 cm³/mol. The van der Waals surface area contributed by atoms with Crippen LogP contribution in [-0.2, 0) is 0 Å². The van der Waals surface area contributed by atoms with E-state index < -0.39 is 0 Å². The summed E-state index contributed by atoms with van der Waals surface area (Å²) in [4.78, 5) is 0.391. The van der Waals surface area contributed by atoms with Gasteiger partial charge in [0.2, 0.25) is 0 Å². The van der Waals surface area contributed by atoms with Crippen LogP contribution in [0.2, 0.25) is 0 Å². The van der Waals surface area contributed by atoms with E-state index in [0.29, 0.717) is 10.4 Å². The highest BCUT2D eigenvalue weighted by Crippen LogP contribution is 2.47. The van der Waals surface area contributed by atoms with Crippen molar-refractivity contribution in [2.24, 2.45) is 5.92 Å². The summed E-state index contributed by atoms with van der Waals surface area (Å²) in [7, 11) is 0. The van der Waals surface area contributed by atoms with Gasteiger partial charge in [0.05, 0.1) is 4.87 Å². The van der Waals surface area contributed by atoms with Crippen LogP contribution in [-0.4, -0.2) is 16.2 Å². The Balaban J connectivity index is 2.03. The molecule has 1 unspecified atom stereocenters. The molecule has 1 atom stereocenters. The second-order valence-corrected chi connectivity index (χ2v) is 6.46. The number of hydrogen-bond donors (Lipinski definition) is 1. The molecule has 12 heavy (non-hydrogen) atoms. The number of nitrogens with one attached hydrogen (secondary N) is 1. The molecule has 1 saturated carbocycles. The summed E-state index contributed by atoms with van der Waals surface area (Å²) in [5.74, 6) is 2.20. The van der Waals surface area contributed by atoms with E-state index in [0.717, 1.165) is 5.92 Å². The standard InChI is InChI=1S/C10H19NS/c1-9(2)7-12-10(3,11-9)8-5-4-6-8/h8,11H,4-7H2,1-3H3. The minimum atomic E-state index is 0.356. The Labute approximate surface area is 79.7 Å². The van der Waals surface area contributed by atoms with Crippen molar-refractivity contribution in [2.45, 2.75) is 50.4 Å². The van der Waals surface area contributed by atoms with Crippen LogP contribution in [0.4, 0.5) is 0 Å². The van der Waals surface area contributed by atoms with Crippen LogP contribution in [0.3, 0.4) is 0 Å². The van der Waals surface area contributed by atoms with Crippen LogP contribution in [0.25, 0.3) is 0 Å². The lowest BCUT2D eigenvalue weighted by atomic mass is 9.79. The first kappa shape index (κ1) is 8.89. The third-order valence-corrected chi connectivity index (χ3v) is 5.10. The van der Waals surface area contributed by atoms with Gasteiger partial charge in [-0.3, -0.25) is 5.32 Å². The summed E-state index contributed by atoms with van der Waals surface area (Å²) < 4.78 is 0. The zero-order chi connectivity index (χ0) is 8.82. The van der Waals surface area contributed by atoms with Gasteiger partial charge < -0.3 is 0 Å². The molecule has 2 rings (SSSR count). The quantitative estimate of drug-likeness (QED) is 0.674. The number of hydrogen-bond acceptors (Lipinski definition) is 2. The molecule has 2 heteroatoms. The van der Waals surface area contributed by atoms with Gasteiger partial charge >= 0.3 is 0 Å². The smallest absolute Gasteiger partial charge is 0.0650 e. The van der Waals surface area contributed by atoms with E-state index >= 15 is 0 Å². The second kappa shape index (κ2) is 2.65. The highest BCUT2D eigenvalue weighted by molar-refractivity contribution is 8.00. The maximum atomic E-state index is 3.77. The molecule has 1 aliphatic heterocycles. The van der Waals surface area contributed by atoms with Crippen molar-refractivity contribution in [2.75, 3.05) is 5.75 Å². The van der Waals surface area contributed by atoms with Crippen molar-refractivity contribution in [3.8, 4) is 0 Å². The van der Waals surface area contributed by atoms with Gasteiger partial charge in [0, 0.05) is 11.3 Å². The van der Waals surface area contributed by atoms with Crippen molar-refractivity contribution < 1.29 is 0 Å². The van der Waals surface area contributed by atoms with E-state index in [1.54, 1.807) is 0 Å². The van der Waals surface area contributed by atoms with Crippen molar-refractivity contribution in [1.29, 1.82) is 0 Å². The minimum absolute atomic E-state index is 0.356. The largest absolute Gasteiger partial charge is 0.297 e. The predicted octanol–water partition coefficient (Wildman–Crippen LogP) is 2.62. The van der Waals surface area contributed by atoms with E-state index in [-0.39, 0.29) is 0 Å². The Bertz CT molecular complexity index is 186. The van der Waals surface area contributed by atoms with Gasteiger partial charge in [-0.2, -0.15) is 0 Å². The fraction of sp³-hybridized carbons (Fsp3) is 1.00. The summed E-state index contributed by atoms with van der Waals surface area (Å²) in [6.07, 6.45) is 4.32. The van der Waals surface area contributed by atoms with Gasteiger partial charge in [-0.05, 0) is 39.5 Å². The van der Waals surface area contributed by atoms with Gasteiger partial charge in [0.1, 0.15) is 0 Å². The number of rotatable bonds is 1. The van der Waals surface area contributed by atoms with Crippen molar-refractivity contribution in [3.63, 3.8) is 0 Å². The van der Waals surface area contributed by atoms with E-state index in [4.69, 9.17) is 0 Å². The van der Waals surface area contributed by atoms with Crippen molar-refractivity contribution in [3.05, 3.63) is 0 Å². The first-order valence-corrected chi connectivity index (χ1v) is 5.94. The summed E-state index contributed by atoms with van der Waals surface area (Å²) in [6, 6.07) is 0. The maximum absolute atomic E-state index is 3.77. The fourth-order valence-corrected chi connectivity index (χ4v) is 3.81. The molecule has 2 fully saturated rings. The molecule has 1 heterocycles. The minimum Gasteiger partial charge on any atom is -0.297 e. The molecule has 1 saturated heterocycles. The molecule has 0 aromatic carbocycles. The first-order chi connectivity index (χ1) is 5.52. The summed E-state index contributed by atoms with van der Waals surface area (Å²) >= 11 is 2.12. The van der Waals surface area contributed by atoms with Crippen LogP contribution < -0.4 is 5.32 Å². The molecule has 2 aliphatic rings. The van der Waals surface area contributed by atoms with E-state index in [1.807, 2.05) is 0 Å². The van der Waals surface area contributed by atoms with Crippen LogP contribution in [0.5, 0.6) is 0 Å². The maximum Gasteiger partial charge on any atom is 0.0650 e. The van der Waals surface area contributed by atoms with Crippen molar-refractivity contribution >= 4 is 11.8 Å². The Kier molecular flexibility index (Phi) is 1.96. The first-order valence-electron chi connectivity index (χ1n) is 4.95. The molecular weight excluding hydrogens is 166 g/mol. The average Bonchev–Trinajstić information content (AvgIpc) is 2.01. The molecule has 1 N–H and O–H groups in total. The van der Waals surface area contributed by atoms with E-state index in [1.165, 1.54) is 25.0 Å². The second-order valence-electron chi connectivity index (χ2n) is 5.03. The highest BCUT2D eigenvalue weighted by Gasteiger charge is 2.46. The molecule has 0 bridgehead atoms. The molecule has 70 valence electrons. The zero-order valence-electron chi connectivity index (χ0n) is 8.31. The van der Waals surface area contributed by atoms with E-state index in [9.17, 15) is 0 Å². The fourth-order valence-electron chi connectivity index (χ4n) is 2.25. The summed E-state index contributed by atoms with van der Waals surface area (Å²) in [5.41, 5.74) is 0.356. The van der Waals surface area contributed by atoms with Crippen LogP contribution in [0, 0.1) is 5.92 Å². The Hall–Kier alpha value is 0.310. The van der Waals surface area contributed by atoms with Gasteiger partial charge in [0.15, 0.2) is 0 Å². The average molecular weight is 185 g/mol. The SMILES string of the molecule is CC1(C)CSC(C)(C2CCC2)N1. The lowest BCUT2D eigenvalue weighted by molar-refractivity contribution is 0.198. The van der Waals surface area contributed by atoms with E-state index in [2.05, 4.69) is 37.8 Å². The molecule has 0 spiro atoms. The molecule has 0 radical (unpaired) electrons. The van der Waals surface area contributed by atoms with Crippen LogP contribution in [0.1, 0.15) is 40.0 Å². The van der Waals surface area contributed by atoms with Gasteiger partial charge in [0.25, 0.3) is 0 Å². The lowest BCUT2D eigenvalue weighted by Crippen LogP contribution is -2.51. The third-order valence-electron chi connectivity index (χ3n) is 3.20. The summed E-state index contributed by atoms with van der Waals surface area (Å²) in [5, 5.41) is 3.77. The number of thioether (sulfide) groups is 1. The topological polar surface area (TPSA) is 12.0 Å². The lowest BCUT2D eigenvalue weighted by Gasteiger charge is -2.41. The van der Waals surface area contributed by atoms with Crippen LogP contribution in [0.15, 0.2) is 0 Å².